The minimum Gasteiger partial charge on any atom is -0.313 e. The molecule has 1 nitrogen and oxygen atoms in total. The fraction of sp³-hybridized carbons (Fsp3) is 0.250. The molecule has 0 aliphatic heterocycles. The molecular formula is C16H17ClFN. The zero-order valence-corrected chi connectivity index (χ0v) is 11.8. The highest BCUT2D eigenvalue weighted by atomic mass is 35.5. The van der Waals surface area contributed by atoms with Gasteiger partial charge in [-0.1, -0.05) is 42.8 Å². The van der Waals surface area contributed by atoms with Gasteiger partial charge in [-0.25, -0.2) is 4.39 Å². The number of hydrogen-bond donors (Lipinski definition) is 1. The first-order valence-corrected chi connectivity index (χ1v) is 6.76. The Morgan fingerprint density at radius 3 is 2.42 bits per heavy atom. The molecule has 0 bridgehead atoms. The van der Waals surface area contributed by atoms with Crippen molar-refractivity contribution in [1.29, 1.82) is 0 Å². The number of benzene rings is 2. The van der Waals surface area contributed by atoms with E-state index in [2.05, 4.69) is 24.4 Å². The Morgan fingerprint density at radius 1 is 1.16 bits per heavy atom. The standard InChI is InChI=1S/C16H17ClFN/c1-3-16(19-2)12-6-4-11(5-7-12)14-10-13(18)8-9-15(14)17/h4-10,16,19H,3H2,1-2H3. The molecule has 2 aromatic carbocycles. The summed E-state index contributed by atoms with van der Waals surface area (Å²) < 4.78 is 13.3. The van der Waals surface area contributed by atoms with Crippen LogP contribution < -0.4 is 5.32 Å². The van der Waals surface area contributed by atoms with Crippen LogP contribution in [0.3, 0.4) is 0 Å². The van der Waals surface area contributed by atoms with Crippen molar-refractivity contribution in [2.45, 2.75) is 19.4 Å². The van der Waals surface area contributed by atoms with E-state index in [0.717, 1.165) is 17.5 Å². The summed E-state index contributed by atoms with van der Waals surface area (Å²) in [7, 11) is 1.95. The van der Waals surface area contributed by atoms with Crippen LogP contribution in [-0.4, -0.2) is 7.05 Å². The summed E-state index contributed by atoms with van der Waals surface area (Å²) in [5.74, 6) is -0.273. The molecule has 2 rings (SSSR count). The number of rotatable bonds is 4. The van der Waals surface area contributed by atoms with Crippen molar-refractivity contribution < 1.29 is 4.39 Å². The highest BCUT2D eigenvalue weighted by Crippen LogP contribution is 2.29. The Bertz CT molecular complexity index is 547. The average molecular weight is 278 g/mol. The quantitative estimate of drug-likeness (QED) is 0.845. The van der Waals surface area contributed by atoms with Gasteiger partial charge in [0.05, 0.1) is 0 Å². The van der Waals surface area contributed by atoms with Gasteiger partial charge in [-0.15, -0.1) is 0 Å². The van der Waals surface area contributed by atoms with E-state index in [1.165, 1.54) is 17.7 Å². The van der Waals surface area contributed by atoms with Gasteiger partial charge in [-0.2, -0.15) is 0 Å². The van der Waals surface area contributed by atoms with Crippen molar-refractivity contribution in [3.8, 4) is 11.1 Å². The van der Waals surface area contributed by atoms with Crippen LogP contribution in [0.15, 0.2) is 42.5 Å². The zero-order chi connectivity index (χ0) is 13.8. The third-order valence-corrected chi connectivity index (χ3v) is 3.64. The second kappa shape index (κ2) is 6.18. The predicted molar refractivity (Wildman–Crippen MR) is 78.9 cm³/mol. The fourth-order valence-corrected chi connectivity index (χ4v) is 2.45. The molecule has 0 saturated carbocycles. The minimum atomic E-state index is -0.273. The van der Waals surface area contributed by atoms with Crippen molar-refractivity contribution in [3.05, 3.63) is 58.9 Å². The van der Waals surface area contributed by atoms with Crippen molar-refractivity contribution in [3.63, 3.8) is 0 Å². The molecule has 0 fully saturated rings. The van der Waals surface area contributed by atoms with E-state index < -0.39 is 0 Å². The third-order valence-electron chi connectivity index (χ3n) is 3.31. The lowest BCUT2D eigenvalue weighted by Crippen LogP contribution is -2.14. The van der Waals surface area contributed by atoms with Crippen LogP contribution in [0.4, 0.5) is 4.39 Å². The van der Waals surface area contributed by atoms with Gasteiger partial charge in [0.1, 0.15) is 5.82 Å². The Morgan fingerprint density at radius 2 is 1.84 bits per heavy atom. The molecule has 0 aliphatic rings. The first-order valence-electron chi connectivity index (χ1n) is 6.38. The second-order valence-corrected chi connectivity index (χ2v) is 4.90. The summed E-state index contributed by atoms with van der Waals surface area (Å²) in [6.07, 6.45) is 1.02. The molecule has 1 atom stereocenters. The first kappa shape index (κ1) is 14.0. The summed E-state index contributed by atoms with van der Waals surface area (Å²) in [6, 6.07) is 12.8. The summed E-state index contributed by atoms with van der Waals surface area (Å²) >= 11 is 6.11. The van der Waals surface area contributed by atoms with Crippen molar-refractivity contribution >= 4 is 11.6 Å². The number of halogens is 2. The van der Waals surface area contributed by atoms with E-state index in [9.17, 15) is 4.39 Å². The summed E-state index contributed by atoms with van der Waals surface area (Å²) in [4.78, 5) is 0. The highest BCUT2D eigenvalue weighted by molar-refractivity contribution is 6.33. The van der Waals surface area contributed by atoms with Crippen LogP contribution in [0, 0.1) is 5.82 Å². The fourth-order valence-electron chi connectivity index (χ4n) is 2.22. The molecule has 0 aromatic heterocycles. The van der Waals surface area contributed by atoms with Gasteiger partial charge in [0.15, 0.2) is 0 Å². The van der Waals surface area contributed by atoms with Gasteiger partial charge < -0.3 is 5.32 Å². The smallest absolute Gasteiger partial charge is 0.123 e. The molecule has 0 spiro atoms. The topological polar surface area (TPSA) is 12.0 Å². The normalized spacial score (nSPS) is 12.4. The molecule has 19 heavy (non-hydrogen) atoms. The van der Waals surface area contributed by atoms with Gasteiger partial charge in [0.2, 0.25) is 0 Å². The lowest BCUT2D eigenvalue weighted by molar-refractivity contribution is 0.577. The first-order chi connectivity index (χ1) is 9.15. The van der Waals surface area contributed by atoms with Crippen LogP contribution in [0.1, 0.15) is 24.9 Å². The maximum absolute atomic E-state index is 13.3. The van der Waals surface area contributed by atoms with E-state index in [1.807, 2.05) is 19.2 Å². The molecule has 1 unspecified atom stereocenters. The van der Waals surface area contributed by atoms with Gasteiger partial charge in [-0.3, -0.25) is 0 Å². The predicted octanol–water partition coefficient (Wildman–Crippen LogP) is 4.82. The lowest BCUT2D eigenvalue weighted by atomic mass is 9.99. The Labute approximate surface area is 118 Å². The molecule has 100 valence electrons. The van der Waals surface area contributed by atoms with E-state index in [4.69, 9.17) is 11.6 Å². The van der Waals surface area contributed by atoms with Crippen LogP contribution in [0.25, 0.3) is 11.1 Å². The zero-order valence-electron chi connectivity index (χ0n) is 11.1. The molecule has 3 heteroatoms. The highest BCUT2D eigenvalue weighted by Gasteiger charge is 2.08. The van der Waals surface area contributed by atoms with E-state index in [1.54, 1.807) is 6.07 Å². The molecule has 2 aromatic rings. The van der Waals surface area contributed by atoms with Crippen LogP contribution in [0.2, 0.25) is 5.02 Å². The van der Waals surface area contributed by atoms with Crippen molar-refractivity contribution in [2.75, 3.05) is 7.05 Å². The van der Waals surface area contributed by atoms with E-state index in [-0.39, 0.29) is 5.82 Å². The lowest BCUT2D eigenvalue weighted by Gasteiger charge is -2.15. The van der Waals surface area contributed by atoms with Gasteiger partial charge >= 0.3 is 0 Å². The summed E-state index contributed by atoms with van der Waals surface area (Å²) in [5.41, 5.74) is 2.88. The van der Waals surface area contributed by atoms with Crippen molar-refractivity contribution in [2.24, 2.45) is 0 Å². The molecule has 1 N–H and O–H groups in total. The molecule has 0 saturated heterocycles. The monoisotopic (exact) mass is 277 g/mol. The van der Waals surface area contributed by atoms with Gasteiger partial charge in [0, 0.05) is 16.6 Å². The third kappa shape index (κ3) is 3.14. The minimum absolute atomic E-state index is 0.273. The molecule has 0 amide bonds. The number of nitrogens with one attached hydrogen (secondary N) is 1. The Hall–Kier alpha value is -1.38. The maximum atomic E-state index is 13.3. The van der Waals surface area contributed by atoms with Crippen LogP contribution >= 0.6 is 11.6 Å². The Kier molecular flexibility index (Phi) is 4.56. The SMILES string of the molecule is CCC(NC)c1ccc(-c2cc(F)ccc2Cl)cc1. The largest absolute Gasteiger partial charge is 0.313 e. The van der Waals surface area contributed by atoms with Crippen LogP contribution in [0.5, 0.6) is 0 Å². The molecule has 0 heterocycles. The summed E-state index contributed by atoms with van der Waals surface area (Å²) in [5, 5.41) is 3.83. The number of hydrogen-bond acceptors (Lipinski definition) is 1. The van der Waals surface area contributed by atoms with Crippen molar-refractivity contribution in [1.82, 2.24) is 5.32 Å². The maximum Gasteiger partial charge on any atom is 0.123 e. The van der Waals surface area contributed by atoms with E-state index in [0.29, 0.717) is 11.1 Å². The second-order valence-electron chi connectivity index (χ2n) is 4.50. The van der Waals surface area contributed by atoms with Gasteiger partial charge in [0.25, 0.3) is 0 Å². The van der Waals surface area contributed by atoms with Gasteiger partial charge in [-0.05, 0) is 42.8 Å². The van der Waals surface area contributed by atoms with Crippen LogP contribution in [-0.2, 0) is 0 Å². The molecular weight excluding hydrogens is 261 g/mol. The van der Waals surface area contributed by atoms with E-state index >= 15 is 0 Å². The summed E-state index contributed by atoms with van der Waals surface area (Å²) in [6.45, 7) is 2.14. The average Bonchev–Trinajstić information content (AvgIpc) is 2.44. The molecule has 0 radical (unpaired) electrons. The molecule has 0 aliphatic carbocycles. The Balaban J connectivity index is 2.34.